The molecule has 0 radical (unpaired) electrons. The molecule has 7 N–H and O–H groups in total. The zero-order valence-corrected chi connectivity index (χ0v) is 27.8. The summed E-state index contributed by atoms with van der Waals surface area (Å²) in [4.78, 5) is 25.0. The van der Waals surface area contributed by atoms with Crippen molar-refractivity contribution in [2.75, 3.05) is 20.8 Å². The molecule has 8 atom stereocenters. The van der Waals surface area contributed by atoms with Crippen molar-refractivity contribution in [2.45, 2.75) is 77.2 Å². The van der Waals surface area contributed by atoms with Crippen LogP contribution >= 0.6 is 0 Å². The minimum Gasteiger partial charge on any atom is -0.439 e. The van der Waals surface area contributed by atoms with Crippen LogP contribution in [0.5, 0.6) is 0 Å². The molecule has 14 nitrogen and oxygen atoms in total. The quantitative estimate of drug-likeness (QED) is 0.162. The van der Waals surface area contributed by atoms with Crippen LogP contribution in [0, 0.1) is 11.8 Å². The van der Waals surface area contributed by atoms with Gasteiger partial charge in [-0.15, -0.1) is 6.58 Å². The van der Waals surface area contributed by atoms with E-state index in [9.17, 15) is 32.8 Å². The van der Waals surface area contributed by atoms with Crippen LogP contribution in [-0.2, 0) is 33.6 Å². The predicted octanol–water partition coefficient (Wildman–Crippen LogP) is 1.95. The molecule has 0 saturated heterocycles. The highest BCUT2D eigenvalue weighted by Crippen LogP contribution is 2.34. The number of hydrogen-bond donors (Lipinski definition) is 6. The Morgan fingerprint density at radius 3 is 2.43 bits per heavy atom. The minimum atomic E-state index is -5.05. The van der Waals surface area contributed by atoms with Crippen LogP contribution in [0.25, 0.3) is 0 Å². The van der Waals surface area contributed by atoms with Gasteiger partial charge in [0, 0.05) is 38.0 Å². The van der Waals surface area contributed by atoms with Gasteiger partial charge in [0.2, 0.25) is 0 Å². The SMILES string of the molecule is C=CCNC1=C2C[C@@H](C)C[C@H](OC)[C@H](O)[C@@H](C)/C=C(\C)[C@@H](OC(N)=O)[C@@H](OC)/C=C/C=C(/C)C(=O)NC(=CC1O)C2OS(=O)(=O)O. The van der Waals surface area contributed by atoms with Gasteiger partial charge in [0.25, 0.3) is 5.91 Å². The maximum atomic E-state index is 13.2. The maximum Gasteiger partial charge on any atom is 0.405 e. The molecule has 0 spiro atoms. The molecule has 1 heterocycles. The van der Waals surface area contributed by atoms with Gasteiger partial charge in [-0.05, 0) is 49.8 Å². The Morgan fingerprint density at radius 2 is 1.87 bits per heavy atom. The number of rotatable bonds is 8. The van der Waals surface area contributed by atoms with E-state index in [1.165, 1.54) is 45.4 Å². The summed E-state index contributed by atoms with van der Waals surface area (Å²) in [7, 11) is -2.20. The Hall–Kier alpha value is -3.31. The molecule has 0 fully saturated rings. The molecule has 2 rings (SSSR count). The molecule has 0 saturated carbocycles. The standard InChI is InChI=1S/C31H47N3O11S/c1-8-12-33-26-21-13-17(2)14-25(43-7)27(36)19(4)15-20(5)28(44-31(32)38)24(42-6)11-9-10-18(3)30(37)34-22(16-23(26)35)29(21)45-46(39,40)41/h8-11,15-17,19,23-25,27-29,33,35-36H,1,12-14H2,2-7H3,(H2,32,38)(H,34,37)(H,39,40,41)/b11-9+,18-10-,20-15+/t17-,19+,23?,24+,25+,27-,28-,29?/m1/s1. The second-order valence-electron chi connectivity index (χ2n) is 11.4. The number of hydrogen-bond acceptors (Lipinski definition) is 11. The zero-order chi connectivity index (χ0) is 34.8. The van der Waals surface area contributed by atoms with Crippen molar-refractivity contribution in [3.63, 3.8) is 0 Å². The number of carbonyl (C=O) groups excluding carboxylic acids is 2. The summed E-state index contributed by atoms with van der Waals surface area (Å²) in [6, 6.07) is 0. The van der Waals surface area contributed by atoms with E-state index in [2.05, 4.69) is 17.2 Å². The van der Waals surface area contributed by atoms with E-state index < -0.39 is 64.9 Å². The number of methoxy groups -OCH3 is 2. The van der Waals surface area contributed by atoms with Crippen molar-refractivity contribution in [3.8, 4) is 0 Å². The first-order chi connectivity index (χ1) is 21.5. The first kappa shape index (κ1) is 38.9. The van der Waals surface area contributed by atoms with Crippen LogP contribution < -0.4 is 16.4 Å². The second-order valence-corrected chi connectivity index (χ2v) is 12.5. The largest absolute Gasteiger partial charge is 0.439 e. The number of aliphatic hydroxyl groups is 2. The third kappa shape index (κ3) is 11.2. The first-order valence-corrected chi connectivity index (χ1v) is 16.1. The zero-order valence-electron chi connectivity index (χ0n) is 27.0. The number of fused-ring (bicyclic) bond motifs is 2. The van der Waals surface area contributed by atoms with Gasteiger partial charge in [0.05, 0.1) is 17.9 Å². The fourth-order valence-electron chi connectivity index (χ4n) is 5.45. The number of primary amides is 1. The van der Waals surface area contributed by atoms with Gasteiger partial charge < -0.3 is 40.8 Å². The monoisotopic (exact) mass is 669 g/mol. The number of allylic oxidation sites excluding steroid dienone is 2. The van der Waals surface area contributed by atoms with Crippen LogP contribution in [0.1, 0.15) is 40.5 Å². The van der Waals surface area contributed by atoms with E-state index in [1.807, 2.05) is 6.92 Å². The van der Waals surface area contributed by atoms with Crippen LogP contribution in [0.2, 0.25) is 0 Å². The molecule has 2 aliphatic rings. The predicted molar refractivity (Wildman–Crippen MR) is 170 cm³/mol. The number of nitrogens with one attached hydrogen (secondary N) is 2. The topological polar surface area (TPSA) is 216 Å². The fourth-order valence-corrected chi connectivity index (χ4v) is 5.92. The van der Waals surface area contributed by atoms with Gasteiger partial charge >= 0.3 is 16.5 Å². The number of aliphatic hydroxyl groups excluding tert-OH is 2. The summed E-state index contributed by atoms with van der Waals surface area (Å²) >= 11 is 0. The Kier molecular flexibility index (Phi) is 14.8. The van der Waals surface area contributed by atoms with Crippen molar-refractivity contribution >= 4 is 22.4 Å². The smallest absolute Gasteiger partial charge is 0.405 e. The molecule has 15 heteroatoms. The van der Waals surface area contributed by atoms with Crippen molar-refractivity contribution < 1.29 is 51.2 Å². The lowest BCUT2D eigenvalue weighted by molar-refractivity contribution is -0.117. The van der Waals surface area contributed by atoms with Crippen molar-refractivity contribution in [1.82, 2.24) is 10.6 Å². The van der Waals surface area contributed by atoms with Crippen LogP contribution in [0.4, 0.5) is 4.79 Å². The molecule has 2 unspecified atom stereocenters. The average molecular weight is 670 g/mol. The highest BCUT2D eigenvalue weighted by atomic mass is 32.3. The van der Waals surface area contributed by atoms with E-state index in [0.29, 0.717) is 5.57 Å². The highest BCUT2D eigenvalue weighted by Gasteiger charge is 2.37. The summed E-state index contributed by atoms with van der Waals surface area (Å²) in [5.41, 5.74) is 6.41. The van der Waals surface area contributed by atoms with Crippen LogP contribution in [-0.4, -0.2) is 92.6 Å². The number of carbonyl (C=O) groups is 2. The Balaban J connectivity index is 2.74. The van der Waals surface area contributed by atoms with Gasteiger partial charge in [-0.25, -0.2) is 8.98 Å². The first-order valence-electron chi connectivity index (χ1n) is 14.7. The van der Waals surface area contributed by atoms with Crippen LogP contribution in [0.15, 0.2) is 71.1 Å². The van der Waals surface area contributed by atoms with E-state index in [0.717, 1.165) is 0 Å². The van der Waals surface area contributed by atoms with Gasteiger partial charge in [0.1, 0.15) is 18.3 Å². The molecule has 0 aromatic rings. The molecule has 2 bridgehead atoms. The molecule has 0 aromatic heterocycles. The van der Waals surface area contributed by atoms with Crippen LogP contribution in [0.3, 0.4) is 0 Å². The lowest BCUT2D eigenvalue weighted by Gasteiger charge is -2.34. The van der Waals surface area contributed by atoms with E-state index >= 15 is 0 Å². The van der Waals surface area contributed by atoms with Gasteiger partial charge in [-0.2, -0.15) is 8.42 Å². The molecule has 258 valence electrons. The summed E-state index contributed by atoms with van der Waals surface area (Å²) in [6.45, 7) is 10.7. The summed E-state index contributed by atoms with van der Waals surface area (Å²) in [6.07, 6.45) is 1.92. The van der Waals surface area contributed by atoms with E-state index in [1.54, 1.807) is 26.0 Å². The minimum absolute atomic E-state index is 0.0986. The van der Waals surface area contributed by atoms with Gasteiger partial charge in [-0.1, -0.05) is 44.2 Å². The van der Waals surface area contributed by atoms with Crippen molar-refractivity contribution in [3.05, 3.63) is 71.1 Å². The second kappa shape index (κ2) is 17.6. The molecule has 46 heavy (non-hydrogen) atoms. The van der Waals surface area contributed by atoms with Crippen molar-refractivity contribution in [2.24, 2.45) is 17.6 Å². The summed E-state index contributed by atoms with van der Waals surface area (Å²) in [5.74, 6) is -1.49. The molecule has 1 aliphatic heterocycles. The fraction of sp³-hybridized carbons (Fsp3) is 0.548. The number of amides is 2. The Bertz CT molecular complexity index is 1370. The Morgan fingerprint density at radius 1 is 1.20 bits per heavy atom. The Labute approximate surface area is 270 Å². The number of ether oxygens (including phenoxy) is 3. The molecular weight excluding hydrogens is 622 g/mol. The molecule has 1 aliphatic carbocycles. The van der Waals surface area contributed by atoms with Crippen molar-refractivity contribution in [1.29, 1.82) is 0 Å². The lowest BCUT2D eigenvalue weighted by Crippen LogP contribution is -2.42. The summed E-state index contributed by atoms with van der Waals surface area (Å²) in [5, 5.41) is 28.0. The molecular formula is C31H47N3O11S. The molecule has 2 amide bonds. The maximum absolute atomic E-state index is 13.2. The lowest BCUT2D eigenvalue weighted by atomic mass is 9.84. The van der Waals surface area contributed by atoms with Gasteiger partial charge in [-0.3, -0.25) is 9.35 Å². The number of nitrogens with two attached hydrogens (primary N) is 1. The van der Waals surface area contributed by atoms with E-state index in [-0.39, 0.29) is 47.8 Å². The van der Waals surface area contributed by atoms with Gasteiger partial charge in [0.15, 0.2) is 6.10 Å². The third-order valence-corrected chi connectivity index (χ3v) is 8.15. The van der Waals surface area contributed by atoms with E-state index in [4.69, 9.17) is 24.1 Å². The highest BCUT2D eigenvalue weighted by molar-refractivity contribution is 7.80. The average Bonchev–Trinajstić information content (AvgIpc) is 2.96. The molecule has 0 aromatic carbocycles. The summed E-state index contributed by atoms with van der Waals surface area (Å²) < 4.78 is 55.4. The third-order valence-electron chi connectivity index (χ3n) is 7.71. The normalized spacial score (nSPS) is 33.4.